The van der Waals surface area contributed by atoms with E-state index in [0.717, 1.165) is 3.67 Å². The van der Waals surface area contributed by atoms with E-state index < -0.39 is 22.9 Å². The SMILES string of the molecule is Br.Br.Br.C1=C[CH]([Hf][c]2ccccc2)c2ccccc21. The first-order valence-corrected chi connectivity index (χ1v) is 9.39. The van der Waals surface area contributed by atoms with Crippen molar-refractivity contribution < 1.29 is 22.9 Å². The Balaban J connectivity index is 0.00000108. The van der Waals surface area contributed by atoms with Crippen LogP contribution in [-0.2, 0) is 22.9 Å². The van der Waals surface area contributed by atoms with Gasteiger partial charge in [-0.2, -0.15) is 0 Å². The molecule has 0 amide bonds. The van der Waals surface area contributed by atoms with Crippen LogP contribution < -0.4 is 3.32 Å². The van der Waals surface area contributed by atoms with Crippen molar-refractivity contribution in [2.45, 2.75) is 3.67 Å². The van der Waals surface area contributed by atoms with Crippen molar-refractivity contribution in [2.24, 2.45) is 0 Å². The second-order valence-corrected chi connectivity index (χ2v) is 9.32. The Morgan fingerprint density at radius 1 is 0.737 bits per heavy atom. The van der Waals surface area contributed by atoms with Crippen LogP contribution in [0.1, 0.15) is 14.8 Å². The molecule has 1 atom stereocenters. The summed E-state index contributed by atoms with van der Waals surface area (Å²) in [5.41, 5.74) is 2.98. The van der Waals surface area contributed by atoms with Crippen LogP contribution in [0.15, 0.2) is 60.7 Å². The molecule has 0 bridgehead atoms. The first-order chi connectivity index (χ1) is 7.93. The summed E-state index contributed by atoms with van der Waals surface area (Å²) in [6, 6.07) is 19.8. The molecule has 2 aromatic carbocycles. The van der Waals surface area contributed by atoms with Crippen LogP contribution in [0.3, 0.4) is 0 Å². The summed E-state index contributed by atoms with van der Waals surface area (Å²) in [6.45, 7) is 0. The zero-order valence-electron chi connectivity index (χ0n) is 10.2. The van der Waals surface area contributed by atoms with Crippen molar-refractivity contribution in [3.05, 3.63) is 71.8 Å². The summed E-state index contributed by atoms with van der Waals surface area (Å²) in [5.74, 6) is 0. The third-order valence-corrected chi connectivity index (χ3v) is 8.22. The Morgan fingerprint density at radius 3 is 2.11 bits per heavy atom. The molecule has 0 nitrogen and oxygen atoms in total. The normalized spacial score (nSPS) is 14.4. The molecule has 1 aliphatic carbocycles. The van der Waals surface area contributed by atoms with Crippen LogP contribution in [0.4, 0.5) is 0 Å². The van der Waals surface area contributed by atoms with E-state index in [0.29, 0.717) is 0 Å². The minimum absolute atomic E-state index is 0. The summed E-state index contributed by atoms with van der Waals surface area (Å²) in [7, 11) is 0. The molecule has 0 saturated heterocycles. The van der Waals surface area contributed by atoms with E-state index in [-0.39, 0.29) is 50.9 Å². The van der Waals surface area contributed by atoms with Crippen molar-refractivity contribution in [3.8, 4) is 0 Å². The van der Waals surface area contributed by atoms with E-state index >= 15 is 0 Å². The fourth-order valence-electron chi connectivity index (χ4n) is 2.09. The number of fused-ring (bicyclic) bond motifs is 1. The molecule has 0 N–H and O–H groups in total. The van der Waals surface area contributed by atoms with Crippen LogP contribution in [0.2, 0.25) is 0 Å². The molecule has 3 rings (SSSR count). The van der Waals surface area contributed by atoms with Gasteiger partial charge in [-0.3, -0.25) is 0 Å². The predicted octanol–water partition coefficient (Wildman–Crippen LogP) is 4.90. The van der Waals surface area contributed by atoms with Crippen LogP contribution >= 0.6 is 50.9 Å². The Kier molecular flexibility index (Phi) is 9.67. The van der Waals surface area contributed by atoms with E-state index in [4.69, 9.17) is 0 Å². The van der Waals surface area contributed by atoms with E-state index in [1.54, 1.807) is 8.88 Å². The summed E-state index contributed by atoms with van der Waals surface area (Å²) in [4.78, 5) is 0. The van der Waals surface area contributed by atoms with Crippen LogP contribution in [-0.4, -0.2) is 0 Å². The molecule has 0 fully saturated rings. The number of hydrogen-bond acceptors (Lipinski definition) is 0. The summed E-state index contributed by atoms with van der Waals surface area (Å²) in [6.07, 6.45) is 4.69. The average Bonchev–Trinajstić information content (AvgIpc) is 2.74. The van der Waals surface area contributed by atoms with Gasteiger partial charge in [0.15, 0.2) is 0 Å². The molecule has 100 valence electrons. The second kappa shape index (κ2) is 9.43. The average molecular weight is 613 g/mol. The Labute approximate surface area is 157 Å². The van der Waals surface area contributed by atoms with Gasteiger partial charge in [-0.05, 0) is 0 Å². The van der Waals surface area contributed by atoms with Gasteiger partial charge in [0.05, 0.1) is 0 Å². The van der Waals surface area contributed by atoms with Crippen molar-refractivity contribution in [1.29, 1.82) is 0 Å². The fourth-order valence-corrected chi connectivity index (χ4v) is 6.96. The number of benzene rings is 2. The molecule has 2 aromatic rings. The molecule has 19 heavy (non-hydrogen) atoms. The number of allylic oxidation sites excluding steroid dienone is 1. The molecular formula is C15H15Br3Hf. The summed E-state index contributed by atoms with van der Waals surface area (Å²) < 4.78 is 2.35. The number of hydrogen-bond donors (Lipinski definition) is 0. The zero-order valence-corrected chi connectivity index (χ0v) is 18.9. The third kappa shape index (κ3) is 4.76. The second-order valence-electron chi connectivity index (χ2n) is 3.98. The maximum absolute atomic E-state index is 2.40. The van der Waals surface area contributed by atoms with Crippen molar-refractivity contribution >= 4 is 60.3 Å². The molecule has 0 aromatic heterocycles. The Morgan fingerprint density at radius 2 is 1.37 bits per heavy atom. The van der Waals surface area contributed by atoms with Gasteiger partial charge >= 0.3 is 108 Å². The predicted molar refractivity (Wildman–Crippen MR) is 95.3 cm³/mol. The molecule has 0 saturated carbocycles. The molecule has 4 heteroatoms. The summed E-state index contributed by atoms with van der Waals surface area (Å²) in [5, 5.41) is 0. The van der Waals surface area contributed by atoms with Gasteiger partial charge in [0.25, 0.3) is 0 Å². The van der Waals surface area contributed by atoms with E-state index in [9.17, 15) is 0 Å². The molecule has 0 spiro atoms. The molecule has 0 radical (unpaired) electrons. The van der Waals surface area contributed by atoms with Gasteiger partial charge in [-0.25, -0.2) is 0 Å². The summed E-state index contributed by atoms with van der Waals surface area (Å²) >= 11 is -0.765. The maximum atomic E-state index is 2.40. The van der Waals surface area contributed by atoms with E-state index in [1.165, 1.54) is 5.56 Å². The van der Waals surface area contributed by atoms with Crippen LogP contribution in [0.5, 0.6) is 0 Å². The van der Waals surface area contributed by atoms with Gasteiger partial charge < -0.3 is 0 Å². The van der Waals surface area contributed by atoms with Gasteiger partial charge in [-0.15, -0.1) is 50.9 Å². The third-order valence-electron chi connectivity index (χ3n) is 2.90. The van der Waals surface area contributed by atoms with Crippen molar-refractivity contribution in [2.75, 3.05) is 0 Å². The van der Waals surface area contributed by atoms with Gasteiger partial charge in [0.2, 0.25) is 0 Å². The van der Waals surface area contributed by atoms with Crippen molar-refractivity contribution in [3.63, 3.8) is 0 Å². The quantitative estimate of drug-likeness (QED) is 0.424. The molecule has 1 aliphatic rings. The fraction of sp³-hybridized carbons (Fsp3) is 0.0667. The van der Waals surface area contributed by atoms with Crippen molar-refractivity contribution in [1.82, 2.24) is 0 Å². The van der Waals surface area contributed by atoms with E-state index in [1.807, 2.05) is 0 Å². The minimum atomic E-state index is -0.765. The van der Waals surface area contributed by atoms with Crippen LogP contribution in [0.25, 0.3) is 6.08 Å². The van der Waals surface area contributed by atoms with Gasteiger partial charge in [0, 0.05) is 0 Å². The zero-order chi connectivity index (χ0) is 10.8. The molecular weight excluding hydrogens is 598 g/mol. The molecule has 0 heterocycles. The Bertz CT molecular complexity index is 526. The first-order valence-electron chi connectivity index (χ1n) is 5.52. The monoisotopic (exact) mass is 612 g/mol. The molecule has 1 unspecified atom stereocenters. The number of halogens is 3. The standard InChI is InChI=1S/C9H7.C6H5.3BrH.Hf/c1-2-5-9-7-3-6-8(9)4-1;1-2-4-6-5-3-1;;;;/h1-7H;1-5H;3*1H;. The Hall–Kier alpha value is 0.490. The number of rotatable bonds is 2. The molecule has 0 aliphatic heterocycles. The topological polar surface area (TPSA) is 0 Å². The van der Waals surface area contributed by atoms with Gasteiger partial charge in [-0.1, -0.05) is 0 Å². The van der Waals surface area contributed by atoms with Gasteiger partial charge in [0.1, 0.15) is 0 Å². The van der Waals surface area contributed by atoms with E-state index in [2.05, 4.69) is 66.7 Å². The first kappa shape index (κ1) is 19.5. The van der Waals surface area contributed by atoms with Crippen LogP contribution in [0, 0.1) is 0 Å².